The summed E-state index contributed by atoms with van der Waals surface area (Å²) in [5, 5.41) is 2.61. The molecule has 0 spiro atoms. The fraction of sp³-hybridized carbons (Fsp3) is 0.200. The fourth-order valence-corrected chi connectivity index (χ4v) is 3.31. The lowest BCUT2D eigenvalue weighted by atomic mass is 9.95. The minimum absolute atomic E-state index is 0.0203. The Bertz CT molecular complexity index is 740. The first-order chi connectivity index (χ1) is 10.3. The van der Waals surface area contributed by atoms with Gasteiger partial charge in [-0.2, -0.15) is 0 Å². The number of alkyl halides is 1. The molecule has 3 aromatic carbocycles. The molecule has 0 saturated carbocycles. The van der Waals surface area contributed by atoms with Crippen LogP contribution in [0.3, 0.4) is 0 Å². The summed E-state index contributed by atoms with van der Waals surface area (Å²) in [6.07, 6.45) is 1.88. The molecule has 1 atom stereocenters. The van der Waals surface area contributed by atoms with Crippen LogP contribution in [0.1, 0.15) is 29.0 Å². The van der Waals surface area contributed by atoms with E-state index in [2.05, 4.69) is 73.7 Å². The zero-order valence-electron chi connectivity index (χ0n) is 12.2. The minimum atomic E-state index is 0.0203. The van der Waals surface area contributed by atoms with Crippen LogP contribution in [0.4, 0.5) is 0 Å². The normalized spacial score (nSPS) is 12.5. The Labute approximate surface area is 131 Å². The Morgan fingerprint density at radius 1 is 0.810 bits per heavy atom. The van der Waals surface area contributed by atoms with Crippen molar-refractivity contribution in [1.29, 1.82) is 0 Å². The van der Waals surface area contributed by atoms with Gasteiger partial charge in [0, 0.05) is 0 Å². The van der Waals surface area contributed by atoms with Crippen LogP contribution in [-0.2, 0) is 12.8 Å². The molecule has 0 aliphatic carbocycles. The third-order valence-corrected chi connectivity index (χ3v) is 4.44. The molecule has 106 valence electrons. The largest absolute Gasteiger partial charge is 0.117 e. The summed E-state index contributed by atoms with van der Waals surface area (Å²) in [5.74, 6) is 0. The first-order valence-corrected chi connectivity index (χ1v) is 7.91. The Hall–Kier alpha value is -1.79. The number of aryl methyl sites for hydroxylation is 1. The Morgan fingerprint density at radius 2 is 1.48 bits per heavy atom. The van der Waals surface area contributed by atoms with Crippen LogP contribution in [0.5, 0.6) is 0 Å². The van der Waals surface area contributed by atoms with E-state index in [-0.39, 0.29) is 5.38 Å². The van der Waals surface area contributed by atoms with E-state index >= 15 is 0 Å². The fourth-order valence-electron chi connectivity index (χ4n) is 2.94. The third kappa shape index (κ3) is 2.96. The van der Waals surface area contributed by atoms with Gasteiger partial charge in [0.25, 0.3) is 0 Å². The first kappa shape index (κ1) is 14.2. The van der Waals surface area contributed by atoms with Gasteiger partial charge in [0.15, 0.2) is 0 Å². The molecule has 0 saturated heterocycles. The molecule has 0 nitrogen and oxygen atoms in total. The minimum Gasteiger partial charge on any atom is -0.117 e. The quantitative estimate of drug-likeness (QED) is 0.524. The van der Waals surface area contributed by atoms with Gasteiger partial charge >= 0.3 is 0 Å². The van der Waals surface area contributed by atoms with Crippen molar-refractivity contribution in [2.45, 2.75) is 25.1 Å². The highest BCUT2D eigenvalue weighted by Crippen LogP contribution is 2.30. The highest BCUT2D eigenvalue weighted by atomic mass is 35.5. The van der Waals surface area contributed by atoms with Crippen molar-refractivity contribution in [3.63, 3.8) is 0 Å². The van der Waals surface area contributed by atoms with Crippen molar-refractivity contribution >= 4 is 22.4 Å². The number of fused-ring (bicyclic) bond motifs is 1. The van der Waals surface area contributed by atoms with Crippen molar-refractivity contribution in [2.75, 3.05) is 0 Å². The Morgan fingerprint density at radius 3 is 2.33 bits per heavy atom. The van der Waals surface area contributed by atoms with Gasteiger partial charge < -0.3 is 0 Å². The number of halogens is 1. The van der Waals surface area contributed by atoms with Crippen LogP contribution in [0.25, 0.3) is 10.8 Å². The molecule has 21 heavy (non-hydrogen) atoms. The first-order valence-electron chi connectivity index (χ1n) is 7.48. The monoisotopic (exact) mass is 294 g/mol. The second kappa shape index (κ2) is 6.32. The Kier molecular flexibility index (Phi) is 4.26. The second-order valence-electron chi connectivity index (χ2n) is 5.36. The van der Waals surface area contributed by atoms with Gasteiger partial charge in [-0.25, -0.2) is 0 Å². The molecular formula is C20H19Cl. The average Bonchev–Trinajstić information content (AvgIpc) is 2.55. The summed E-state index contributed by atoms with van der Waals surface area (Å²) in [7, 11) is 0. The van der Waals surface area contributed by atoms with Gasteiger partial charge in [-0.1, -0.05) is 73.7 Å². The lowest BCUT2D eigenvalue weighted by Crippen LogP contribution is -2.00. The van der Waals surface area contributed by atoms with Crippen LogP contribution in [0.15, 0.2) is 66.7 Å². The van der Waals surface area contributed by atoms with Crippen LogP contribution in [0.2, 0.25) is 0 Å². The molecule has 0 aliphatic heterocycles. The maximum Gasteiger partial charge on any atom is 0.0628 e. The van der Waals surface area contributed by atoms with E-state index < -0.39 is 0 Å². The second-order valence-corrected chi connectivity index (χ2v) is 5.89. The molecule has 0 aromatic heterocycles. The molecule has 0 fully saturated rings. The van der Waals surface area contributed by atoms with Crippen molar-refractivity contribution < 1.29 is 0 Å². The molecular weight excluding hydrogens is 276 g/mol. The summed E-state index contributed by atoms with van der Waals surface area (Å²) < 4.78 is 0. The van der Waals surface area contributed by atoms with Crippen LogP contribution < -0.4 is 0 Å². The summed E-state index contributed by atoms with van der Waals surface area (Å²) in [5.41, 5.74) is 3.92. The third-order valence-electron chi connectivity index (χ3n) is 4.05. The van der Waals surface area contributed by atoms with Gasteiger partial charge in [0.2, 0.25) is 0 Å². The predicted molar refractivity (Wildman–Crippen MR) is 92.1 cm³/mol. The smallest absolute Gasteiger partial charge is 0.0628 e. The summed E-state index contributed by atoms with van der Waals surface area (Å²) >= 11 is 6.73. The molecule has 0 heterocycles. The summed E-state index contributed by atoms with van der Waals surface area (Å²) in [6, 6.07) is 23.5. The molecule has 1 heteroatoms. The van der Waals surface area contributed by atoms with Gasteiger partial charge in [0.05, 0.1) is 5.38 Å². The zero-order valence-corrected chi connectivity index (χ0v) is 13.0. The lowest BCUT2D eigenvalue weighted by molar-refractivity contribution is 0.902. The van der Waals surface area contributed by atoms with Crippen LogP contribution in [0, 0.1) is 0 Å². The van der Waals surface area contributed by atoms with Crippen LogP contribution >= 0.6 is 11.6 Å². The van der Waals surface area contributed by atoms with Gasteiger partial charge in [0.1, 0.15) is 0 Å². The van der Waals surface area contributed by atoms with Crippen molar-refractivity contribution in [1.82, 2.24) is 0 Å². The van der Waals surface area contributed by atoms with E-state index in [4.69, 9.17) is 11.6 Å². The van der Waals surface area contributed by atoms with E-state index in [1.54, 1.807) is 0 Å². The van der Waals surface area contributed by atoms with E-state index in [1.165, 1.54) is 27.5 Å². The van der Waals surface area contributed by atoms with Gasteiger partial charge in [-0.15, -0.1) is 11.6 Å². The maximum atomic E-state index is 6.73. The average molecular weight is 295 g/mol. The van der Waals surface area contributed by atoms with Gasteiger partial charge in [-0.05, 0) is 40.3 Å². The summed E-state index contributed by atoms with van der Waals surface area (Å²) in [6.45, 7) is 2.18. The van der Waals surface area contributed by atoms with E-state index in [1.807, 2.05) is 0 Å². The van der Waals surface area contributed by atoms with Gasteiger partial charge in [-0.3, -0.25) is 0 Å². The van der Waals surface area contributed by atoms with Crippen molar-refractivity contribution in [2.24, 2.45) is 0 Å². The predicted octanol–water partition coefficient (Wildman–Crippen LogP) is 5.92. The Balaban J connectivity index is 1.95. The molecule has 0 radical (unpaired) electrons. The topological polar surface area (TPSA) is 0 Å². The molecule has 0 N–H and O–H groups in total. The molecule has 0 bridgehead atoms. The zero-order chi connectivity index (χ0) is 14.7. The lowest BCUT2D eigenvalue weighted by Gasteiger charge is -2.15. The van der Waals surface area contributed by atoms with E-state index in [0.717, 1.165) is 12.8 Å². The van der Waals surface area contributed by atoms with E-state index in [0.29, 0.717) is 0 Å². The SMILES string of the molecule is CCc1ccccc1C(Cl)Cc1cccc2ccccc12. The van der Waals surface area contributed by atoms with Crippen molar-refractivity contribution in [3.8, 4) is 0 Å². The molecule has 0 aliphatic rings. The van der Waals surface area contributed by atoms with Crippen molar-refractivity contribution in [3.05, 3.63) is 83.4 Å². The molecule has 1 unspecified atom stereocenters. The number of hydrogen-bond donors (Lipinski definition) is 0. The van der Waals surface area contributed by atoms with E-state index in [9.17, 15) is 0 Å². The molecule has 3 aromatic rings. The highest BCUT2D eigenvalue weighted by Gasteiger charge is 2.13. The molecule has 3 rings (SSSR count). The number of rotatable bonds is 4. The maximum absolute atomic E-state index is 6.73. The summed E-state index contributed by atoms with van der Waals surface area (Å²) in [4.78, 5) is 0. The number of hydrogen-bond acceptors (Lipinski definition) is 0. The van der Waals surface area contributed by atoms with Crippen LogP contribution in [-0.4, -0.2) is 0 Å². The molecule has 0 amide bonds. The standard InChI is InChI=1S/C20H19Cl/c1-2-15-8-3-6-13-19(15)20(21)14-17-11-7-10-16-9-4-5-12-18(16)17/h3-13,20H,2,14H2,1H3. The number of benzene rings is 3. The highest BCUT2D eigenvalue weighted by molar-refractivity contribution is 6.21.